The number of nitriles is 1. The van der Waals surface area contributed by atoms with E-state index in [-0.39, 0.29) is 0 Å². The molecule has 3 rings (SSSR count). The molecular formula is C16H18N4. The Labute approximate surface area is 119 Å². The largest absolute Gasteiger partial charge is 0.371 e. The Balaban J connectivity index is 1.66. The van der Waals surface area contributed by atoms with Crippen LogP contribution in [0.5, 0.6) is 0 Å². The molecule has 0 amide bonds. The van der Waals surface area contributed by atoms with Crippen molar-refractivity contribution < 1.29 is 0 Å². The van der Waals surface area contributed by atoms with Gasteiger partial charge in [-0.25, -0.2) is 0 Å². The molecule has 1 aliphatic rings. The zero-order valence-electron chi connectivity index (χ0n) is 11.7. The third kappa shape index (κ3) is 2.39. The molecule has 4 heteroatoms. The molecule has 2 heterocycles. The summed E-state index contributed by atoms with van der Waals surface area (Å²) in [6, 6.07) is 12.2. The van der Waals surface area contributed by atoms with E-state index in [0.717, 1.165) is 31.5 Å². The average Bonchev–Trinajstić information content (AvgIpc) is 2.94. The third-order valence-electron chi connectivity index (χ3n) is 4.13. The molecule has 0 bridgehead atoms. The maximum atomic E-state index is 8.83. The van der Waals surface area contributed by atoms with Gasteiger partial charge in [0.05, 0.1) is 11.6 Å². The second-order valence-corrected chi connectivity index (χ2v) is 5.30. The van der Waals surface area contributed by atoms with Crippen LogP contribution in [0.4, 0.5) is 5.69 Å². The topological polar surface area (TPSA) is 44.9 Å². The molecule has 0 saturated carbocycles. The van der Waals surface area contributed by atoms with E-state index in [4.69, 9.17) is 5.26 Å². The first-order chi connectivity index (χ1) is 9.78. The maximum absolute atomic E-state index is 8.83. The highest BCUT2D eigenvalue weighted by Crippen LogP contribution is 2.30. The van der Waals surface area contributed by atoms with Crippen LogP contribution in [-0.4, -0.2) is 22.9 Å². The standard InChI is InChI=1S/C16H18N4/c1-19-16(6-9-18-19)14-7-10-20(11-8-14)15-4-2-13(12-17)3-5-15/h2-6,9,14H,7-8,10-11H2,1H3. The van der Waals surface area contributed by atoms with Crippen molar-refractivity contribution in [1.82, 2.24) is 9.78 Å². The number of piperidine rings is 1. The average molecular weight is 266 g/mol. The van der Waals surface area contributed by atoms with Crippen molar-refractivity contribution in [3.63, 3.8) is 0 Å². The molecule has 1 aliphatic heterocycles. The van der Waals surface area contributed by atoms with Crippen LogP contribution in [0.3, 0.4) is 0 Å². The number of hydrogen-bond donors (Lipinski definition) is 0. The van der Waals surface area contributed by atoms with E-state index in [1.54, 1.807) is 0 Å². The number of anilines is 1. The first-order valence-corrected chi connectivity index (χ1v) is 7.01. The van der Waals surface area contributed by atoms with Gasteiger partial charge in [-0.1, -0.05) is 0 Å². The van der Waals surface area contributed by atoms with Gasteiger partial charge in [0, 0.05) is 43.6 Å². The zero-order valence-corrected chi connectivity index (χ0v) is 11.7. The summed E-state index contributed by atoms with van der Waals surface area (Å²) in [4.78, 5) is 2.40. The van der Waals surface area contributed by atoms with Gasteiger partial charge in [0.15, 0.2) is 0 Å². The molecule has 0 spiro atoms. The summed E-state index contributed by atoms with van der Waals surface area (Å²) < 4.78 is 1.99. The van der Waals surface area contributed by atoms with Crippen LogP contribution in [0, 0.1) is 11.3 Å². The lowest BCUT2D eigenvalue weighted by Crippen LogP contribution is -2.33. The van der Waals surface area contributed by atoms with Crippen LogP contribution in [0.2, 0.25) is 0 Å². The second kappa shape index (κ2) is 5.38. The van der Waals surface area contributed by atoms with Crippen molar-refractivity contribution in [3.05, 3.63) is 47.8 Å². The van der Waals surface area contributed by atoms with Crippen LogP contribution in [0.15, 0.2) is 36.5 Å². The number of aryl methyl sites for hydroxylation is 1. The molecular weight excluding hydrogens is 248 g/mol. The smallest absolute Gasteiger partial charge is 0.0991 e. The predicted octanol–water partition coefficient (Wildman–Crippen LogP) is 2.68. The summed E-state index contributed by atoms with van der Waals surface area (Å²) in [5.41, 5.74) is 3.27. The Morgan fingerprint density at radius 3 is 2.40 bits per heavy atom. The fourth-order valence-electron chi connectivity index (χ4n) is 2.96. The Morgan fingerprint density at radius 2 is 1.85 bits per heavy atom. The second-order valence-electron chi connectivity index (χ2n) is 5.30. The number of rotatable bonds is 2. The van der Waals surface area contributed by atoms with Crippen molar-refractivity contribution in [2.24, 2.45) is 7.05 Å². The fraction of sp³-hybridized carbons (Fsp3) is 0.375. The molecule has 0 atom stereocenters. The molecule has 1 saturated heterocycles. The van der Waals surface area contributed by atoms with E-state index in [0.29, 0.717) is 5.92 Å². The normalized spacial score (nSPS) is 16.1. The van der Waals surface area contributed by atoms with Crippen LogP contribution < -0.4 is 4.90 Å². The molecule has 0 aliphatic carbocycles. The Kier molecular flexibility index (Phi) is 3.42. The summed E-state index contributed by atoms with van der Waals surface area (Å²) in [5, 5.41) is 13.1. The van der Waals surface area contributed by atoms with Gasteiger partial charge in [-0.15, -0.1) is 0 Å². The predicted molar refractivity (Wildman–Crippen MR) is 78.6 cm³/mol. The van der Waals surface area contributed by atoms with Crippen molar-refractivity contribution in [2.75, 3.05) is 18.0 Å². The van der Waals surface area contributed by atoms with E-state index in [1.807, 2.05) is 42.2 Å². The molecule has 1 aromatic carbocycles. The zero-order chi connectivity index (χ0) is 13.9. The lowest BCUT2D eigenvalue weighted by Gasteiger charge is -2.33. The highest BCUT2D eigenvalue weighted by atomic mass is 15.3. The minimum Gasteiger partial charge on any atom is -0.371 e. The molecule has 102 valence electrons. The summed E-state index contributed by atoms with van der Waals surface area (Å²) in [6.07, 6.45) is 4.18. The number of nitrogens with zero attached hydrogens (tertiary/aromatic N) is 4. The van der Waals surface area contributed by atoms with Crippen LogP contribution in [0.1, 0.15) is 30.0 Å². The number of benzene rings is 1. The Hall–Kier alpha value is -2.28. The molecule has 2 aromatic rings. The van der Waals surface area contributed by atoms with Gasteiger partial charge in [0.25, 0.3) is 0 Å². The third-order valence-corrected chi connectivity index (χ3v) is 4.13. The minimum atomic E-state index is 0.608. The van der Waals surface area contributed by atoms with Crippen molar-refractivity contribution in [1.29, 1.82) is 5.26 Å². The number of hydrogen-bond acceptors (Lipinski definition) is 3. The van der Waals surface area contributed by atoms with Gasteiger partial charge < -0.3 is 4.90 Å². The van der Waals surface area contributed by atoms with E-state index in [2.05, 4.69) is 22.1 Å². The van der Waals surface area contributed by atoms with E-state index in [9.17, 15) is 0 Å². The number of aromatic nitrogens is 2. The van der Waals surface area contributed by atoms with Gasteiger partial charge >= 0.3 is 0 Å². The van der Waals surface area contributed by atoms with Gasteiger partial charge in [-0.3, -0.25) is 4.68 Å². The summed E-state index contributed by atoms with van der Waals surface area (Å²) >= 11 is 0. The van der Waals surface area contributed by atoms with Gasteiger partial charge in [-0.2, -0.15) is 10.4 Å². The SMILES string of the molecule is Cn1nccc1C1CCN(c2ccc(C#N)cc2)CC1. The fourth-order valence-corrected chi connectivity index (χ4v) is 2.96. The molecule has 0 radical (unpaired) electrons. The van der Waals surface area contributed by atoms with Crippen LogP contribution in [0.25, 0.3) is 0 Å². The van der Waals surface area contributed by atoms with Crippen molar-refractivity contribution in [3.8, 4) is 6.07 Å². The molecule has 4 nitrogen and oxygen atoms in total. The first kappa shape index (κ1) is 12.7. The molecule has 0 unspecified atom stereocenters. The van der Waals surface area contributed by atoms with Crippen molar-refractivity contribution in [2.45, 2.75) is 18.8 Å². The van der Waals surface area contributed by atoms with Crippen LogP contribution in [-0.2, 0) is 7.05 Å². The summed E-state index contributed by atoms with van der Waals surface area (Å²) in [7, 11) is 2.02. The lowest BCUT2D eigenvalue weighted by molar-refractivity contribution is 0.477. The lowest BCUT2D eigenvalue weighted by atomic mass is 9.93. The Bertz CT molecular complexity index is 613. The highest BCUT2D eigenvalue weighted by molar-refractivity contribution is 5.50. The molecule has 1 fully saturated rings. The van der Waals surface area contributed by atoms with Gasteiger partial charge in [0.1, 0.15) is 0 Å². The van der Waals surface area contributed by atoms with Gasteiger partial charge in [0.2, 0.25) is 0 Å². The Morgan fingerprint density at radius 1 is 1.15 bits per heavy atom. The van der Waals surface area contributed by atoms with Crippen molar-refractivity contribution >= 4 is 5.69 Å². The molecule has 1 aromatic heterocycles. The first-order valence-electron chi connectivity index (χ1n) is 7.01. The molecule has 0 N–H and O–H groups in total. The van der Waals surface area contributed by atoms with Gasteiger partial charge in [-0.05, 0) is 43.2 Å². The monoisotopic (exact) mass is 266 g/mol. The van der Waals surface area contributed by atoms with E-state index < -0.39 is 0 Å². The highest BCUT2D eigenvalue weighted by Gasteiger charge is 2.22. The van der Waals surface area contributed by atoms with E-state index in [1.165, 1.54) is 11.4 Å². The summed E-state index contributed by atoms with van der Waals surface area (Å²) in [6.45, 7) is 2.11. The van der Waals surface area contributed by atoms with E-state index >= 15 is 0 Å². The van der Waals surface area contributed by atoms with Crippen LogP contribution >= 0.6 is 0 Å². The maximum Gasteiger partial charge on any atom is 0.0991 e. The quantitative estimate of drug-likeness (QED) is 0.839. The minimum absolute atomic E-state index is 0.608. The molecule has 20 heavy (non-hydrogen) atoms. The summed E-state index contributed by atoms with van der Waals surface area (Å²) in [5.74, 6) is 0.608.